The molecule has 2 atom stereocenters. The largest absolute Gasteiger partial charge is 0.285 e. The summed E-state index contributed by atoms with van der Waals surface area (Å²) in [4.78, 5) is 23.3. The van der Waals surface area contributed by atoms with Gasteiger partial charge in [0.2, 0.25) is 11.8 Å². The van der Waals surface area contributed by atoms with E-state index in [1.807, 2.05) is 0 Å². The van der Waals surface area contributed by atoms with E-state index >= 15 is 0 Å². The molecule has 1 heterocycles. The smallest absolute Gasteiger partial charge is 0.232 e. The van der Waals surface area contributed by atoms with Crippen LogP contribution >= 0.6 is 0 Å². The third-order valence-electron chi connectivity index (χ3n) is 2.19. The Bertz CT molecular complexity index is 168. The van der Waals surface area contributed by atoms with Crippen LogP contribution in [-0.4, -0.2) is 23.8 Å². The molecule has 1 unspecified atom stereocenters. The third kappa shape index (κ3) is 0.735. The lowest BCUT2D eigenvalue weighted by atomic mass is 10.00. The topological polar surface area (TPSA) is 37.4 Å². The second-order valence-corrected chi connectivity index (χ2v) is 2.81. The molecule has 0 spiro atoms. The van der Waals surface area contributed by atoms with E-state index in [2.05, 4.69) is 0 Å². The van der Waals surface area contributed by atoms with Crippen molar-refractivity contribution in [2.75, 3.05) is 7.05 Å². The van der Waals surface area contributed by atoms with Crippen molar-refractivity contribution in [2.45, 2.75) is 13.8 Å². The lowest BCUT2D eigenvalue weighted by molar-refractivity contribution is -0.138. The van der Waals surface area contributed by atoms with Crippen molar-refractivity contribution in [3.8, 4) is 0 Å². The van der Waals surface area contributed by atoms with Crippen LogP contribution in [0.1, 0.15) is 13.8 Å². The summed E-state index contributed by atoms with van der Waals surface area (Å²) in [5, 5.41) is 0. The molecule has 2 amide bonds. The van der Waals surface area contributed by atoms with E-state index in [0.29, 0.717) is 0 Å². The molecule has 1 rings (SSSR count). The number of hydrogen-bond donors (Lipinski definition) is 0. The summed E-state index contributed by atoms with van der Waals surface area (Å²) >= 11 is 0. The zero-order chi connectivity index (χ0) is 7.89. The molecule has 1 aliphatic rings. The van der Waals surface area contributed by atoms with Gasteiger partial charge in [0, 0.05) is 18.9 Å². The summed E-state index contributed by atoms with van der Waals surface area (Å²) in [6.07, 6.45) is 0. The Morgan fingerprint density at radius 2 is 1.40 bits per heavy atom. The van der Waals surface area contributed by atoms with Crippen LogP contribution in [0.4, 0.5) is 0 Å². The van der Waals surface area contributed by atoms with Crippen LogP contribution in [0.2, 0.25) is 0 Å². The first kappa shape index (κ1) is 7.25. The molecule has 0 bridgehead atoms. The maximum Gasteiger partial charge on any atom is 0.232 e. The van der Waals surface area contributed by atoms with E-state index in [9.17, 15) is 9.59 Å². The average molecular weight is 141 g/mol. The highest BCUT2D eigenvalue weighted by atomic mass is 16.2. The van der Waals surface area contributed by atoms with Crippen LogP contribution in [0.25, 0.3) is 0 Å². The number of rotatable bonds is 0. The third-order valence-corrected chi connectivity index (χ3v) is 2.19. The fraction of sp³-hybridized carbons (Fsp3) is 0.714. The Morgan fingerprint density at radius 3 is 1.50 bits per heavy atom. The Hall–Kier alpha value is -0.860. The number of carbonyl (C=O) groups is 2. The van der Waals surface area contributed by atoms with Gasteiger partial charge in [0.25, 0.3) is 0 Å². The van der Waals surface area contributed by atoms with Gasteiger partial charge in [-0.3, -0.25) is 14.5 Å². The molecule has 3 nitrogen and oxygen atoms in total. The number of likely N-dealkylation sites (tertiary alicyclic amines) is 1. The monoisotopic (exact) mass is 141 g/mol. The molecule has 0 aromatic heterocycles. The van der Waals surface area contributed by atoms with Gasteiger partial charge in [0.15, 0.2) is 0 Å². The SMILES string of the molecule is CC1C(=O)N(C)C(=O)[C@H]1C. The lowest BCUT2D eigenvalue weighted by Gasteiger charge is -2.03. The summed E-state index contributed by atoms with van der Waals surface area (Å²) in [5.74, 6) is -0.370. The predicted octanol–water partition coefficient (Wildman–Crippen LogP) is 0.257. The first-order valence-corrected chi connectivity index (χ1v) is 3.37. The highest BCUT2D eigenvalue weighted by Crippen LogP contribution is 2.23. The molecular weight excluding hydrogens is 130 g/mol. The van der Waals surface area contributed by atoms with Gasteiger partial charge in [-0.25, -0.2) is 0 Å². The highest BCUT2D eigenvalue weighted by molar-refractivity contribution is 6.04. The minimum Gasteiger partial charge on any atom is -0.285 e. The second kappa shape index (κ2) is 2.08. The number of amides is 2. The normalized spacial score (nSPS) is 33.7. The Balaban J connectivity index is 2.89. The van der Waals surface area contributed by atoms with Crippen LogP contribution in [0.3, 0.4) is 0 Å². The van der Waals surface area contributed by atoms with Gasteiger partial charge in [-0.2, -0.15) is 0 Å². The Kier molecular flexibility index (Phi) is 1.50. The first-order valence-electron chi connectivity index (χ1n) is 3.37. The number of nitrogens with zero attached hydrogens (tertiary/aromatic N) is 1. The summed E-state index contributed by atoms with van der Waals surface area (Å²) in [5.41, 5.74) is 0. The summed E-state index contributed by atoms with van der Waals surface area (Å²) in [7, 11) is 1.53. The zero-order valence-electron chi connectivity index (χ0n) is 6.42. The molecular formula is C7H11NO2. The molecule has 0 radical (unpaired) electrons. The molecule has 1 aliphatic heterocycles. The minimum atomic E-state index is -0.127. The van der Waals surface area contributed by atoms with Gasteiger partial charge in [0.1, 0.15) is 0 Å². The zero-order valence-corrected chi connectivity index (χ0v) is 6.42. The minimum absolute atomic E-state index is 0.0579. The van der Waals surface area contributed by atoms with Crippen molar-refractivity contribution in [1.82, 2.24) is 4.90 Å². The quantitative estimate of drug-likeness (QED) is 0.454. The van der Waals surface area contributed by atoms with E-state index in [4.69, 9.17) is 0 Å². The van der Waals surface area contributed by atoms with Crippen LogP contribution in [0, 0.1) is 11.8 Å². The summed E-state index contributed by atoms with van der Waals surface area (Å²) in [6, 6.07) is 0. The number of carbonyl (C=O) groups excluding carboxylic acids is 2. The van der Waals surface area contributed by atoms with Gasteiger partial charge < -0.3 is 0 Å². The maximum atomic E-state index is 11.0. The van der Waals surface area contributed by atoms with Crippen LogP contribution in [0.5, 0.6) is 0 Å². The second-order valence-electron chi connectivity index (χ2n) is 2.81. The van der Waals surface area contributed by atoms with E-state index in [1.165, 1.54) is 11.9 Å². The van der Waals surface area contributed by atoms with E-state index < -0.39 is 0 Å². The van der Waals surface area contributed by atoms with Crippen molar-refractivity contribution < 1.29 is 9.59 Å². The van der Waals surface area contributed by atoms with Crippen molar-refractivity contribution in [3.05, 3.63) is 0 Å². The molecule has 10 heavy (non-hydrogen) atoms. The molecule has 0 aromatic rings. The summed E-state index contributed by atoms with van der Waals surface area (Å²) < 4.78 is 0. The number of imide groups is 1. The fourth-order valence-corrected chi connectivity index (χ4v) is 1.15. The molecule has 1 fully saturated rings. The first-order chi connectivity index (χ1) is 4.55. The summed E-state index contributed by atoms with van der Waals surface area (Å²) in [6.45, 7) is 3.57. The van der Waals surface area contributed by atoms with Gasteiger partial charge >= 0.3 is 0 Å². The standard InChI is InChI=1S/C7H11NO2/c1-4-5(2)7(10)8(3)6(4)9/h4-5H,1-3H3/t4-,5?/m0/s1. The van der Waals surface area contributed by atoms with Crippen molar-refractivity contribution in [2.24, 2.45) is 11.8 Å². The van der Waals surface area contributed by atoms with Crippen molar-refractivity contribution in [1.29, 1.82) is 0 Å². The molecule has 1 saturated heterocycles. The van der Waals surface area contributed by atoms with Crippen LogP contribution in [0.15, 0.2) is 0 Å². The van der Waals surface area contributed by atoms with Gasteiger partial charge in [-0.05, 0) is 0 Å². The van der Waals surface area contributed by atoms with Gasteiger partial charge in [0.05, 0.1) is 0 Å². The van der Waals surface area contributed by atoms with Crippen LogP contribution < -0.4 is 0 Å². The molecule has 0 saturated carbocycles. The van der Waals surface area contributed by atoms with E-state index in [-0.39, 0.29) is 23.7 Å². The number of hydrogen-bond acceptors (Lipinski definition) is 2. The van der Waals surface area contributed by atoms with E-state index in [0.717, 1.165) is 0 Å². The molecule has 0 N–H and O–H groups in total. The Labute approximate surface area is 60.0 Å². The highest BCUT2D eigenvalue weighted by Gasteiger charge is 2.39. The molecule has 0 aliphatic carbocycles. The fourth-order valence-electron chi connectivity index (χ4n) is 1.15. The average Bonchev–Trinajstić information content (AvgIpc) is 2.07. The Morgan fingerprint density at radius 1 is 1.10 bits per heavy atom. The van der Waals surface area contributed by atoms with Gasteiger partial charge in [-0.15, -0.1) is 0 Å². The van der Waals surface area contributed by atoms with Crippen molar-refractivity contribution in [3.63, 3.8) is 0 Å². The molecule has 56 valence electrons. The lowest BCUT2D eigenvalue weighted by Crippen LogP contribution is -2.25. The van der Waals surface area contributed by atoms with Gasteiger partial charge in [-0.1, -0.05) is 13.8 Å². The molecule has 3 heteroatoms. The van der Waals surface area contributed by atoms with Crippen molar-refractivity contribution >= 4 is 11.8 Å². The van der Waals surface area contributed by atoms with E-state index in [1.54, 1.807) is 13.8 Å². The maximum absolute atomic E-state index is 11.0. The molecule has 0 aromatic carbocycles. The van der Waals surface area contributed by atoms with Crippen LogP contribution in [-0.2, 0) is 9.59 Å². The predicted molar refractivity (Wildman–Crippen MR) is 36.1 cm³/mol.